The predicted molar refractivity (Wildman–Crippen MR) is 127 cm³/mol. The summed E-state index contributed by atoms with van der Waals surface area (Å²) in [5.41, 5.74) is 0. The van der Waals surface area contributed by atoms with Crippen molar-refractivity contribution in [1.29, 1.82) is 0 Å². The highest BCUT2D eigenvalue weighted by molar-refractivity contribution is 5.83. The molecule has 0 aliphatic heterocycles. The number of unbranched alkanes of at least 4 members (excludes halogenated alkanes) is 14. The van der Waals surface area contributed by atoms with Crippen LogP contribution in [0, 0.1) is 11.8 Å². The molecule has 0 spiro atoms. The third-order valence-corrected chi connectivity index (χ3v) is 6.60. The molecule has 0 saturated carbocycles. The van der Waals surface area contributed by atoms with Gasteiger partial charge in [0.15, 0.2) is 0 Å². The Labute approximate surface area is 178 Å². The highest BCUT2D eigenvalue weighted by Crippen LogP contribution is 2.25. The van der Waals surface area contributed by atoms with Gasteiger partial charge in [-0.25, -0.2) is 0 Å². The SMILES string of the molecule is CCCCCCCCCCC(CC)C(=O)C(CC)CCCCCCCCCC. The summed E-state index contributed by atoms with van der Waals surface area (Å²) in [6.07, 6.45) is 26.1. The van der Waals surface area contributed by atoms with E-state index in [1.807, 2.05) is 0 Å². The minimum atomic E-state index is 0.332. The van der Waals surface area contributed by atoms with Crippen molar-refractivity contribution in [2.24, 2.45) is 11.8 Å². The van der Waals surface area contributed by atoms with Crippen molar-refractivity contribution < 1.29 is 4.79 Å². The molecule has 1 nitrogen and oxygen atoms in total. The summed E-state index contributed by atoms with van der Waals surface area (Å²) < 4.78 is 0. The number of rotatable bonds is 22. The van der Waals surface area contributed by atoms with Crippen molar-refractivity contribution in [3.05, 3.63) is 0 Å². The van der Waals surface area contributed by atoms with Crippen LogP contribution in [0.3, 0.4) is 0 Å². The molecule has 0 heterocycles. The Kier molecular flexibility index (Phi) is 21.1. The van der Waals surface area contributed by atoms with Crippen molar-refractivity contribution in [2.45, 2.75) is 156 Å². The summed E-state index contributed by atoms with van der Waals surface area (Å²) in [4.78, 5) is 13.0. The zero-order chi connectivity index (χ0) is 20.9. The lowest BCUT2D eigenvalue weighted by atomic mass is 9.83. The van der Waals surface area contributed by atoms with Gasteiger partial charge in [0.25, 0.3) is 0 Å². The predicted octanol–water partition coefficient (Wildman–Crippen LogP) is 9.67. The summed E-state index contributed by atoms with van der Waals surface area (Å²) in [5.74, 6) is 1.26. The number of hydrogen-bond donors (Lipinski definition) is 0. The van der Waals surface area contributed by atoms with Gasteiger partial charge in [0.1, 0.15) is 5.78 Å². The summed E-state index contributed by atoms with van der Waals surface area (Å²) in [6, 6.07) is 0. The summed E-state index contributed by atoms with van der Waals surface area (Å²) in [7, 11) is 0. The molecule has 0 amide bonds. The number of Topliss-reactive ketones (excluding diaryl/α,β-unsaturated/α-hetero) is 1. The smallest absolute Gasteiger partial charge is 0.139 e. The zero-order valence-corrected chi connectivity index (χ0v) is 20.2. The van der Waals surface area contributed by atoms with E-state index in [9.17, 15) is 4.79 Å². The van der Waals surface area contributed by atoms with Gasteiger partial charge < -0.3 is 0 Å². The first kappa shape index (κ1) is 27.7. The van der Waals surface area contributed by atoms with Gasteiger partial charge in [0.05, 0.1) is 0 Å². The van der Waals surface area contributed by atoms with E-state index >= 15 is 0 Å². The molecule has 0 N–H and O–H groups in total. The molecule has 0 rings (SSSR count). The number of carbonyl (C=O) groups is 1. The summed E-state index contributed by atoms with van der Waals surface area (Å²) >= 11 is 0. The van der Waals surface area contributed by atoms with Gasteiger partial charge in [-0.05, 0) is 25.7 Å². The molecule has 28 heavy (non-hydrogen) atoms. The van der Waals surface area contributed by atoms with Crippen LogP contribution in [-0.2, 0) is 4.79 Å². The highest BCUT2D eigenvalue weighted by Gasteiger charge is 2.23. The molecule has 0 radical (unpaired) electrons. The van der Waals surface area contributed by atoms with Gasteiger partial charge in [0, 0.05) is 11.8 Å². The van der Waals surface area contributed by atoms with E-state index in [-0.39, 0.29) is 0 Å². The van der Waals surface area contributed by atoms with Gasteiger partial charge in [-0.3, -0.25) is 4.79 Å². The van der Waals surface area contributed by atoms with E-state index < -0.39 is 0 Å². The van der Waals surface area contributed by atoms with Gasteiger partial charge in [-0.2, -0.15) is 0 Å². The van der Waals surface area contributed by atoms with Gasteiger partial charge >= 0.3 is 0 Å². The van der Waals surface area contributed by atoms with E-state index in [1.165, 1.54) is 103 Å². The van der Waals surface area contributed by atoms with Crippen molar-refractivity contribution in [2.75, 3.05) is 0 Å². The molecule has 168 valence electrons. The van der Waals surface area contributed by atoms with Crippen LogP contribution < -0.4 is 0 Å². The maximum atomic E-state index is 13.0. The minimum Gasteiger partial charge on any atom is -0.299 e. The highest BCUT2D eigenvalue weighted by atomic mass is 16.1. The quantitative estimate of drug-likeness (QED) is 0.167. The fourth-order valence-electron chi connectivity index (χ4n) is 4.48. The molecule has 0 aliphatic rings. The lowest BCUT2D eigenvalue weighted by Gasteiger charge is -2.21. The molecule has 0 aromatic rings. The molecule has 0 aromatic heterocycles. The molecule has 0 bridgehead atoms. The van der Waals surface area contributed by atoms with Crippen LogP contribution in [0.4, 0.5) is 0 Å². The van der Waals surface area contributed by atoms with Crippen LogP contribution in [0.1, 0.15) is 156 Å². The Bertz CT molecular complexity index is 292. The third-order valence-electron chi connectivity index (χ3n) is 6.60. The second-order valence-electron chi connectivity index (χ2n) is 9.14. The first-order valence-corrected chi connectivity index (χ1v) is 13.2. The third kappa shape index (κ3) is 15.6. The number of ketones is 1. The Morgan fingerprint density at radius 2 is 0.750 bits per heavy atom. The second-order valence-corrected chi connectivity index (χ2v) is 9.14. The molecular weight excluding hydrogens is 340 g/mol. The van der Waals surface area contributed by atoms with Crippen LogP contribution in [0.5, 0.6) is 0 Å². The van der Waals surface area contributed by atoms with Crippen LogP contribution in [0.2, 0.25) is 0 Å². The monoisotopic (exact) mass is 394 g/mol. The lowest BCUT2D eigenvalue weighted by Crippen LogP contribution is -2.23. The standard InChI is InChI=1S/C27H54O/c1-5-9-11-13-15-17-19-21-23-25(7-3)27(28)26(8-4)24-22-20-18-16-14-12-10-6-2/h25-26H,5-24H2,1-4H3. The summed E-state index contributed by atoms with van der Waals surface area (Å²) in [6.45, 7) is 8.99. The van der Waals surface area contributed by atoms with Gasteiger partial charge in [0.2, 0.25) is 0 Å². The Morgan fingerprint density at radius 1 is 0.464 bits per heavy atom. The molecular formula is C27H54O. The van der Waals surface area contributed by atoms with Crippen LogP contribution in [0.15, 0.2) is 0 Å². The molecule has 0 fully saturated rings. The van der Waals surface area contributed by atoms with E-state index in [2.05, 4.69) is 27.7 Å². The average Bonchev–Trinajstić information content (AvgIpc) is 2.71. The molecule has 0 saturated heterocycles. The minimum absolute atomic E-state index is 0.332. The maximum Gasteiger partial charge on any atom is 0.139 e. The molecule has 0 aromatic carbocycles. The second kappa shape index (κ2) is 21.4. The molecule has 2 unspecified atom stereocenters. The van der Waals surface area contributed by atoms with Crippen molar-refractivity contribution in [1.82, 2.24) is 0 Å². The van der Waals surface area contributed by atoms with E-state index in [0.717, 1.165) is 25.7 Å². The van der Waals surface area contributed by atoms with Crippen LogP contribution >= 0.6 is 0 Å². The van der Waals surface area contributed by atoms with E-state index in [0.29, 0.717) is 17.6 Å². The van der Waals surface area contributed by atoms with Gasteiger partial charge in [-0.15, -0.1) is 0 Å². The first-order chi connectivity index (χ1) is 13.7. The number of carbonyl (C=O) groups excluding carboxylic acids is 1. The van der Waals surface area contributed by atoms with Crippen LogP contribution in [-0.4, -0.2) is 5.78 Å². The normalized spacial score (nSPS) is 13.6. The Balaban J connectivity index is 3.88. The fourth-order valence-corrected chi connectivity index (χ4v) is 4.48. The topological polar surface area (TPSA) is 17.1 Å². The lowest BCUT2D eigenvalue weighted by molar-refractivity contribution is -0.127. The largest absolute Gasteiger partial charge is 0.299 e. The van der Waals surface area contributed by atoms with E-state index in [4.69, 9.17) is 0 Å². The first-order valence-electron chi connectivity index (χ1n) is 13.2. The molecule has 1 heteroatoms. The van der Waals surface area contributed by atoms with E-state index in [1.54, 1.807) is 0 Å². The number of hydrogen-bond acceptors (Lipinski definition) is 1. The molecule has 2 atom stereocenters. The van der Waals surface area contributed by atoms with Crippen molar-refractivity contribution >= 4 is 5.78 Å². The Hall–Kier alpha value is -0.330. The fraction of sp³-hybridized carbons (Fsp3) is 0.963. The average molecular weight is 395 g/mol. The molecule has 0 aliphatic carbocycles. The maximum absolute atomic E-state index is 13.0. The van der Waals surface area contributed by atoms with Crippen molar-refractivity contribution in [3.8, 4) is 0 Å². The van der Waals surface area contributed by atoms with Crippen LogP contribution in [0.25, 0.3) is 0 Å². The Morgan fingerprint density at radius 3 is 1.04 bits per heavy atom. The summed E-state index contributed by atoms with van der Waals surface area (Å²) in [5, 5.41) is 0. The van der Waals surface area contributed by atoms with Crippen molar-refractivity contribution in [3.63, 3.8) is 0 Å². The zero-order valence-electron chi connectivity index (χ0n) is 20.2. The van der Waals surface area contributed by atoms with Gasteiger partial charge in [-0.1, -0.05) is 130 Å².